The van der Waals surface area contributed by atoms with Gasteiger partial charge in [0, 0.05) is 5.69 Å². The van der Waals surface area contributed by atoms with Crippen molar-refractivity contribution in [2.24, 2.45) is 0 Å². The summed E-state index contributed by atoms with van der Waals surface area (Å²) in [7, 11) is 0. The minimum atomic E-state index is -1.60. The number of aliphatic hydroxyl groups excluding tert-OH is 1. The Morgan fingerprint density at radius 3 is 2.61 bits per heavy atom. The van der Waals surface area contributed by atoms with Gasteiger partial charge in [-0.15, -0.1) is 0 Å². The predicted molar refractivity (Wildman–Crippen MR) is 66.6 cm³/mol. The van der Waals surface area contributed by atoms with Crippen LogP contribution in [0.25, 0.3) is 0 Å². The van der Waals surface area contributed by atoms with Gasteiger partial charge in [-0.3, -0.25) is 0 Å². The molecule has 4 N–H and O–H groups in total. The Morgan fingerprint density at radius 1 is 1.33 bits per heavy atom. The summed E-state index contributed by atoms with van der Waals surface area (Å²) in [4.78, 5) is 21.8. The predicted octanol–water partition coefficient (Wildman–Crippen LogP) is 0.870. The molecule has 0 aliphatic heterocycles. The zero-order chi connectivity index (χ0) is 13.7. The summed E-state index contributed by atoms with van der Waals surface area (Å²) in [6.07, 6.45) is -1.60. The Labute approximate surface area is 105 Å². The number of nitrogens with one attached hydrogen (secondary N) is 2. The fraction of sp³-hybridized carbons (Fsp3) is 0.333. The van der Waals surface area contributed by atoms with E-state index in [1.165, 1.54) is 0 Å². The van der Waals surface area contributed by atoms with Crippen molar-refractivity contribution in [1.29, 1.82) is 0 Å². The first-order valence-electron chi connectivity index (χ1n) is 5.43. The number of anilines is 1. The molecule has 0 fully saturated rings. The van der Waals surface area contributed by atoms with Crippen LogP contribution < -0.4 is 10.6 Å². The van der Waals surface area contributed by atoms with Crippen LogP contribution in [0.1, 0.15) is 11.1 Å². The molecule has 6 nitrogen and oxygen atoms in total. The molecule has 0 aliphatic carbocycles. The summed E-state index contributed by atoms with van der Waals surface area (Å²) in [5.41, 5.74) is 2.55. The van der Waals surface area contributed by atoms with Crippen LogP contribution in [-0.4, -0.2) is 34.9 Å². The lowest BCUT2D eigenvalue weighted by molar-refractivity contribution is -0.146. The first kappa shape index (κ1) is 14.0. The standard InChI is InChI=1S/C12H16N2O4/c1-7-3-4-8(2)9(5-7)14-12(18)13-6-10(15)11(16)17/h3-5,10,15H,6H2,1-2H3,(H,16,17)(H2,13,14,18)/t10-/m0/s1. The topological polar surface area (TPSA) is 98.7 Å². The molecule has 0 spiro atoms. The maximum atomic E-state index is 11.5. The zero-order valence-corrected chi connectivity index (χ0v) is 10.2. The van der Waals surface area contributed by atoms with Gasteiger partial charge in [-0.1, -0.05) is 12.1 Å². The summed E-state index contributed by atoms with van der Waals surface area (Å²) in [6, 6.07) is 5.05. The van der Waals surface area contributed by atoms with E-state index in [1.54, 1.807) is 0 Å². The second kappa shape index (κ2) is 6.02. The van der Waals surface area contributed by atoms with Crippen LogP contribution >= 0.6 is 0 Å². The van der Waals surface area contributed by atoms with E-state index in [4.69, 9.17) is 10.2 Å². The summed E-state index contributed by atoms with van der Waals surface area (Å²) < 4.78 is 0. The molecule has 6 heteroatoms. The lowest BCUT2D eigenvalue weighted by Gasteiger charge is -2.11. The summed E-state index contributed by atoms with van der Waals surface area (Å²) in [5, 5.41) is 22.3. The van der Waals surface area contributed by atoms with E-state index in [1.807, 2.05) is 32.0 Å². The van der Waals surface area contributed by atoms with Gasteiger partial charge in [-0.25, -0.2) is 9.59 Å². The van der Waals surface area contributed by atoms with Crippen molar-refractivity contribution in [2.75, 3.05) is 11.9 Å². The maximum absolute atomic E-state index is 11.5. The molecule has 18 heavy (non-hydrogen) atoms. The van der Waals surface area contributed by atoms with E-state index in [-0.39, 0.29) is 6.54 Å². The van der Waals surface area contributed by atoms with Crippen LogP contribution in [0, 0.1) is 13.8 Å². The molecule has 0 aromatic heterocycles. The van der Waals surface area contributed by atoms with E-state index in [0.717, 1.165) is 11.1 Å². The third-order valence-corrected chi connectivity index (χ3v) is 2.38. The van der Waals surface area contributed by atoms with Gasteiger partial charge in [0.2, 0.25) is 0 Å². The average molecular weight is 252 g/mol. The van der Waals surface area contributed by atoms with Crippen LogP contribution in [0.15, 0.2) is 18.2 Å². The molecule has 0 saturated carbocycles. The van der Waals surface area contributed by atoms with Crippen LogP contribution in [-0.2, 0) is 4.79 Å². The molecule has 1 aromatic rings. The minimum absolute atomic E-state index is 0.341. The summed E-state index contributed by atoms with van der Waals surface area (Å²) in [5.74, 6) is -1.37. The molecular weight excluding hydrogens is 236 g/mol. The molecule has 0 heterocycles. The van der Waals surface area contributed by atoms with Gasteiger partial charge in [0.1, 0.15) is 0 Å². The van der Waals surface area contributed by atoms with E-state index in [0.29, 0.717) is 5.69 Å². The number of urea groups is 1. The molecule has 98 valence electrons. The largest absolute Gasteiger partial charge is 0.479 e. The molecular formula is C12H16N2O4. The lowest BCUT2D eigenvalue weighted by Crippen LogP contribution is -2.38. The molecule has 0 saturated heterocycles. The highest BCUT2D eigenvalue weighted by molar-refractivity contribution is 5.90. The van der Waals surface area contributed by atoms with Crippen molar-refractivity contribution in [3.8, 4) is 0 Å². The first-order chi connectivity index (χ1) is 8.40. The van der Waals surface area contributed by atoms with Crippen molar-refractivity contribution in [1.82, 2.24) is 5.32 Å². The molecule has 1 aromatic carbocycles. The van der Waals surface area contributed by atoms with Crippen molar-refractivity contribution in [3.05, 3.63) is 29.3 Å². The molecule has 1 atom stereocenters. The van der Waals surface area contributed by atoms with Crippen molar-refractivity contribution >= 4 is 17.7 Å². The van der Waals surface area contributed by atoms with Gasteiger partial charge in [0.05, 0.1) is 6.54 Å². The fourth-order valence-corrected chi connectivity index (χ4v) is 1.31. The highest BCUT2D eigenvalue weighted by Crippen LogP contribution is 2.15. The summed E-state index contributed by atoms with van der Waals surface area (Å²) in [6.45, 7) is 3.41. The fourth-order valence-electron chi connectivity index (χ4n) is 1.31. The maximum Gasteiger partial charge on any atom is 0.334 e. The number of hydrogen-bond donors (Lipinski definition) is 4. The van der Waals surface area contributed by atoms with Crippen molar-refractivity contribution < 1.29 is 19.8 Å². The second-order valence-corrected chi connectivity index (χ2v) is 4.01. The Kier molecular flexibility index (Phi) is 4.67. The Bertz CT molecular complexity index is 459. The van der Waals surface area contributed by atoms with Crippen LogP contribution in [0.5, 0.6) is 0 Å². The smallest absolute Gasteiger partial charge is 0.334 e. The third kappa shape index (κ3) is 4.06. The number of amides is 2. The van der Waals surface area contributed by atoms with Gasteiger partial charge in [-0.05, 0) is 31.0 Å². The number of aryl methyl sites for hydroxylation is 2. The van der Waals surface area contributed by atoms with Gasteiger partial charge in [-0.2, -0.15) is 0 Å². The second-order valence-electron chi connectivity index (χ2n) is 4.01. The monoisotopic (exact) mass is 252 g/mol. The number of carboxylic acids is 1. The lowest BCUT2D eigenvalue weighted by atomic mass is 10.1. The van der Waals surface area contributed by atoms with E-state index in [9.17, 15) is 9.59 Å². The van der Waals surface area contributed by atoms with Crippen LogP contribution in [0.4, 0.5) is 10.5 Å². The number of rotatable bonds is 4. The van der Waals surface area contributed by atoms with Crippen molar-refractivity contribution in [2.45, 2.75) is 20.0 Å². The van der Waals surface area contributed by atoms with Gasteiger partial charge >= 0.3 is 12.0 Å². The number of aliphatic hydroxyl groups is 1. The Balaban J connectivity index is 2.54. The summed E-state index contributed by atoms with van der Waals surface area (Å²) >= 11 is 0. The zero-order valence-electron chi connectivity index (χ0n) is 10.2. The molecule has 2 amide bonds. The van der Waals surface area contributed by atoms with Gasteiger partial charge < -0.3 is 20.8 Å². The number of benzene rings is 1. The Morgan fingerprint density at radius 2 is 2.00 bits per heavy atom. The quantitative estimate of drug-likeness (QED) is 0.639. The number of carbonyl (C=O) groups is 2. The Hall–Kier alpha value is -2.08. The molecule has 0 bridgehead atoms. The van der Waals surface area contributed by atoms with Crippen molar-refractivity contribution in [3.63, 3.8) is 0 Å². The highest BCUT2D eigenvalue weighted by atomic mass is 16.4. The van der Waals surface area contributed by atoms with E-state index in [2.05, 4.69) is 10.6 Å². The van der Waals surface area contributed by atoms with Gasteiger partial charge in [0.15, 0.2) is 6.10 Å². The number of aliphatic carboxylic acids is 1. The molecule has 0 aliphatic rings. The van der Waals surface area contributed by atoms with Crippen LogP contribution in [0.3, 0.4) is 0 Å². The number of hydrogen-bond acceptors (Lipinski definition) is 3. The van der Waals surface area contributed by atoms with Gasteiger partial charge in [0.25, 0.3) is 0 Å². The highest BCUT2D eigenvalue weighted by Gasteiger charge is 2.14. The average Bonchev–Trinajstić information content (AvgIpc) is 2.30. The third-order valence-electron chi connectivity index (χ3n) is 2.38. The minimum Gasteiger partial charge on any atom is -0.479 e. The molecule has 0 unspecified atom stereocenters. The first-order valence-corrected chi connectivity index (χ1v) is 5.43. The van der Waals surface area contributed by atoms with E-state index < -0.39 is 18.1 Å². The number of carboxylic acid groups (broad SMARTS) is 1. The molecule has 0 radical (unpaired) electrons. The molecule has 1 rings (SSSR count). The number of carbonyl (C=O) groups excluding carboxylic acids is 1. The SMILES string of the molecule is Cc1ccc(C)c(NC(=O)NC[C@H](O)C(=O)O)c1. The van der Waals surface area contributed by atoms with Crippen LogP contribution in [0.2, 0.25) is 0 Å². The normalized spacial score (nSPS) is 11.7. The van der Waals surface area contributed by atoms with E-state index >= 15 is 0 Å².